The van der Waals surface area contributed by atoms with Crippen LogP contribution in [0, 0.1) is 0 Å². The average molecular weight is 212 g/mol. The SMILES string of the molecule is C1=N/C=C\C=c2\ccc3c(c2OC1)N=NN=3. The lowest BCUT2D eigenvalue weighted by Gasteiger charge is -2.04. The van der Waals surface area contributed by atoms with Gasteiger partial charge in [-0.3, -0.25) is 4.99 Å². The Balaban J connectivity index is 2.27. The average Bonchev–Trinajstić information content (AvgIpc) is 2.80. The molecule has 1 aromatic carbocycles. The molecule has 0 spiro atoms. The number of ether oxygens (including phenoxy) is 1. The highest BCUT2D eigenvalue weighted by atomic mass is 16.5. The summed E-state index contributed by atoms with van der Waals surface area (Å²) >= 11 is 0. The predicted octanol–water partition coefficient (Wildman–Crippen LogP) is 1.08. The van der Waals surface area contributed by atoms with E-state index in [1.165, 1.54) is 0 Å². The molecule has 0 aliphatic carbocycles. The van der Waals surface area contributed by atoms with Crippen LogP contribution in [0.3, 0.4) is 0 Å². The molecule has 0 atom stereocenters. The molecule has 0 radical (unpaired) electrons. The van der Waals surface area contributed by atoms with Crippen molar-refractivity contribution >= 4 is 18.0 Å². The van der Waals surface area contributed by atoms with Crippen molar-refractivity contribution in [2.24, 2.45) is 20.4 Å². The summed E-state index contributed by atoms with van der Waals surface area (Å²) in [5, 5.41) is 13.2. The zero-order valence-electron chi connectivity index (χ0n) is 8.37. The number of benzene rings is 1. The Labute approximate surface area is 91.2 Å². The number of hydrogen-bond acceptors (Lipinski definition) is 5. The van der Waals surface area contributed by atoms with Gasteiger partial charge >= 0.3 is 0 Å². The van der Waals surface area contributed by atoms with Crippen LogP contribution in [0.4, 0.5) is 5.69 Å². The molecule has 5 nitrogen and oxygen atoms in total. The molecule has 16 heavy (non-hydrogen) atoms. The van der Waals surface area contributed by atoms with Gasteiger partial charge in [0.05, 0.1) is 0 Å². The van der Waals surface area contributed by atoms with Crippen LogP contribution < -0.4 is 15.3 Å². The fourth-order valence-corrected chi connectivity index (χ4v) is 1.57. The van der Waals surface area contributed by atoms with Crippen LogP contribution in [0.2, 0.25) is 0 Å². The molecular weight excluding hydrogens is 204 g/mol. The van der Waals surface area contributed by atoms with Crippen molar-refractivity contribution in [3.05, 3.63) is 35.0 Å². The van der Waals surface area contributed by atoms with E-state index in [0.717, 1.165) is 10.6 Å². The van der Waals surface area contributed by atoms with Crippen LogP contribution in [-0.4, -0.2) is 12.8 Å². The molecule has 78 valence electrons. The highest BCUT2D eigenvalue weighted by molar-refractivity contribution is 5.63. The molecule has 0 bridgehead atoms. The summed E-state index contributed by atoms with van der Waals surface area (Å²) in [6.45, 7) is 0.414. The van der Waals surface area contributed by atoms with E-state index >= 15 is 0 Å². The number of nitrogens with zero attached hydrogens (tertiary/aromatic N) is 4. The molecule has 0 unspecified atom stereocenters. The highest BCUT2D eigenvalue weighted by Crippen LogP contribution is 2.21. The number of aliphatic imine (C=N–C) groups is 1. The first-order chi connectivity index (χ1) is 7.95. The highest BCUT2D eigenvalue weighted by Gasteiger charge is 2.11. The first-order valence-corrected chi connectivity index (χ1v) is 4.88. The van der Waals surface area contributed by atoms with E-state index in [4.69, 9.17) is 4.74 Å². The molecule has 0 saturated heterocycles. The summed E-state index contributed by atoms with van der Waals surface area (Å²) in [5.74, 6) is 0.709. The number of allylic oxidation sites excluding steroid dienone is 1. The summed E-state index contributed by atoms with van der Waals surface area (Å²) < 4.78 is 5.62. The second-order valence-corrected chi connectivity index (χ2v) is 3.29. The van der Waals surface area contributed by atoms with E-state index in [0.29, 0.717) is 18.0 Å². The van der Waals surface area contributed by atoms with Crippen molar-refractivity contribution in [2.45, 2.75) is 0 Å². The molecule has 0 aromatic heterocycles. The summed E-state index contributed by atoms with van der Waals surface area (Å²) in [6, 6.07) is 3.81. The number of hydrogen-bond donors (Lipinski definition) is 0. The Morgan fingerprint density at radius 1 is 1.25 bits per heavy atom. The van der Waals surface area contributed by atoms with Crippen LogP contribution in [0.25, 0.3) is 6.08 Å². The van der Waals surface area contributed by atoms with Gasteiger partial charge in [0, 0.05) is 17.6 Å². The molecule has 0 fully saturated rings. The third-order valence-corrected chi connectivity index (χ3v) is 2.29. The molecule has 0 N–H and O–H groups in total. The van der Waals surface area contributed by atoms with E-state index in [1.807, 2.05) is 24.3 Å². The lowest BCUT2D eigenvalue weighted by molar-refractivity contribution is 0.378. The predicted molar refractivity (Wildman–Crippen MR) is 59.3 cm³/mol. The third kappa shape index (κ3) is 1.42. The van der Waals surface area contributed by atoms with Gasteiger partial charge in [0.2, 0.25) is 0 Å². The number of rotatable bonds is 0. The zero-order valence-corrected chi connectivity index (χ0v) is 8.37. The summed E-state index contributed by atoms with van der Waals surface area (Å²) in [5.41, 5.74) is 0.692. The van der Waals surface area contributed by atoms with Gasteiger partial charge in [0.1, 0.15) is 12.0 Å². The quantitative estimate of drug-likeness (QED) is 0.634. The molecule has 2 heterocycles. The van der Waals surface area contributed by atoms with Gasteiger partial charge < -0.3 is 4.74 Å². The van der Waals surface area contributed by atoms with Gasteiger partial charge in [-0.2, -0.15) is 0 Å². The summed E-state index contributed by atoms with van der Waals surface area (Å²) in [7, 11) is 0. The van der Waals surface area contributed by atoms with Crippen LogP contribution in [0.15, 0.2) is 44.8 Å². The van der Waals surface area contributed by atoms with E-state index in [1.54, 1.807) is 12.4 Å². The molecule has 1 aromatic rings. The van der Waals surface area contributed by atoms with Gasteiger partial charge in [-0.25, -0.2) is 0 Å². The first kappa shape index (κ1) is 8.96. The molecule has 0 amide bonds. The van der Waals surface area contributed by atoms with Crippen molar-refractivity contribution in [1.82, 2.24) is 0 Å². The van der Waals surface area contributed by atoms with Gasteiger partial charge in [0.15, 0.2) is 11.4 Å². The van der Waals surface area contributed by atoms with Crippen LogP contribution in [0.5, 0.6) is 5.75 Å². The van der Waals surface area contributed by atoms with Gasteiger partial charge in [0.25, 0.3) is 0 Å². The van der Waals surface area contributed by atoms with Crippen LogP contribution in [-0.2, 0) is 0 Å². The minimum Gasteiger partial charge on any atom is -0.485 e. The maximum Gasteiger partial charge on any atom is 0.158 e. The monoisotopic (exact) mass is 212 g/mol. The maximum absolute atomic E-state index is 5.62. The molecule has 5 heteroatoms. The van der Waals surface area contributed by atoms with E-state index in [-0.39, 0.29) is 0 Å². The Morgan fingerprint density at radius 3 is 3.25 bits per heavy atom. The summed E-state index contributed by atoms with van der Waals surface area (Å²) in [4.78, 5) is 4.03. The van der Waals surface area contributed by atoms with E-state index in [2.05, 4.69) is 20.4 Å². The van der Waals surface area contributed by atoms with Crippen molar-refractivity contribution in [3.63, 3.8) is 0 Å². The number of fused-ring (bicyclic) bond motifs is 3. The smallest absolute Gasteiger partial charge is 0.158 e. The van der Waals surface area contributed by atoms with Crippen molar-refractivity contribution in [2.75, 3.05) is 6.61 Å². The second-order valence-electron chi connectivity index (χ2n) is 3.29. The Kier molecular flexibility index (Phi) is 2.07. The Morgan fingerprint density at radius 2 is 2.25 bits per heavy atom. The van der Waals surface area contributed by atoms with Crippen molar-refractivity contribution in [1.29, 1.82) is 0 Å². The third-order valence-electron chi connectivity index (χ3n) is 2.29. The van der Waals surface area contributed by atoms with Crippen molar-refractivity contribution < 1.29 is 4.74 Å². The zero-order chi connectivity index (χ0) is 10.8. The van der Waals surface area contributed by atoms with Gasteiger partial charge in [-0.15, -0.1) is 10.2 Å². The Bertz CT molecular complexity index is 628. The lowest BCUT2D eigenvalue weighted by atomic mass is 10.2. The lowest BCUT2D eigenvalue weighted by Crippen LogP contribution is -2.14. The van der Waals surface area contributed by atoms with Crippen LogP contribution >= 0.6 is 0 Å². The molecule has 3 rings (SSSR count). The normalized spacial score (nSPS) is 20.1. The molecule has 2 aliphatic heterocycles. The molecule has 0 saturated carbocycles. The second kappa shape index (κ2) is 3.69. The van der Waals surface area contributed by atoms with Crippen LogP contribution in [0.1, 0.15) is 0 Å². The molecule has 2 aliphatic rings. The van der Waals surface area contributed by atoms with E-state index < -0.39 is 0 Å². The fourth-order valence-electron chi connectivity index (χ4n) is 1.57. The largest absolute Gasteiger partial charge is 0.485 e. The fraction of sp³-hybridized carbons (Fsp3) is 0.0909. The minimum atomic E-state index is 0.414. The standard InChI is InChI=1S/C11H8N4O/c1-2-8-3-4-9-10(14-15-13-9)11(8)16-7-6-12-5-1/h1-6H,7H2/b5-1-,8-2-,12-6?. The topological polar surface area (TPSA) is 58.7 Å². The molecular formula is C11H8N4O. The maximum atomic E-state index is 5.62. The Hall–Kier alpha value is -2.30. The minimum absolute atomic E-state index is 0.414. The van der Waals surface area contributed by atoms with Gasteiger partial charge in [-0.05, 0) is 29.5 Å². The van der Waals surface area contributed by atoms with E-state index in [9.17, 15) is 0 Å². The summed E-state index contributed by atoms with van der Waals surface area (Å²) in [6.07, 6.45) is 7.20. The van der Waals surface area contributed by atoms with Crippen molar-refractivity contribution in [3.8, 4) is 5.75 Å². The first-order valence-electron chi connectivity index (χ1n) is 4.88. The van der Waals surface area contributed by atoms with Gasteiger partial charge in [-0.1, -0.05) is 0 Å².